The zero-order chi connectivity index (χ0) is 29.7. The van der Waals surface area contributed by atoms with Crippen LogP contribution < -0.4 is 15.8 Å². The van der Waals surface area contributed by atoms with E-state index in [2.05, 4.69) is 55.2 Å². The summed E-state index contributed by atoms with van der Waals surface area (Å²) in [6.45, 7) is 3.53. The van der Waals surface area contributed by atoms with Gasteiger partial charge in [-0.15, -0.1) is 5.10 Å². The molecule has 5 heterocycles. The van der Waals surface area contributed by atoms with Crippen LogP contribution in [0.3, 0.4) is 0 Å². The standard InChI is InChI=1S/C33H37N9O2/c1-39-31-23(10-21(12-28(31)44-2)33(43)41-16-20-8-9-25(41)29(20)34)36-32(39)27-11-19-4-3-5-26(30(19)40(27)15-18-6-7-18)42-17-24(37-38-42)22-13-35-14-22/h3-5,10-12,17-18,20,22,25,29,35H,6-9,13-16,34H2,1-2H3/t20-,25-,29-/m1/s1. The minimum Gasteiger partial charge on any atom is -0.494 e. The number of fused-ring (bicyclic) bond motifs is 4. The number of piperidine rings is 1. The number of para-hydroxylation sites is 1. The highest BCUT2D eigenvalue weighted by Crippen LogP contribution is 2.41. The third kappa shape index (κ3) is 3.88. The number of imidazole rings is 1. The van der Waals surface area contributed by atoms with Gasteiger partial charge in [0.1, 0.15) is 11.3 Å². The predicted molar refractivity (Wildman–Crippen MR) is 167 cm³/mol. The lowest BCUT2D eigenvalue weighted by molar-refractivity contribution is 0.0700. The van der Waals surface area contributed by atoms with Gasteiger partial charge >= 0.3 is 0 Å². The van der Waals surface area contributed by atoms with Gasteiger partial charge < -0.3 is 29.8 Å². The highest BCUT2D eigenvalue weighted by Gasteiger charge is 2.47. The molecule has 0 unspecified atom stereocenters. The zero-order valence-electron chi connectivity index (χ0n) is 25.1. The number of rotatable bonds is 7. The number of nitrogens with one attached hydrogen (secondary N) is 1. The molecule has 2 bridgehead atoms. The number of methoxy groups -OCH3 is 1. The number of nitrogens with zero attached hydrogens (tertiary/aromatic N) is 7. The summed E-state index contributed by atoms with van der Waals surface area (Å²) in [5.74, 6) is 2.95. The number of carbonyl (C=O) groups is 1. The first-order valence-electron chi connectivity index (χ1n) is 15.9. The van der Waals surface area contributed by atoms with Crippen molar-refractivity contribution in [1.29, 1.82) is 0 Å². The molecule has 4 fully saturated rings. The van der Waals surface area contributed by atoms with Gasteiger partial charge in [0.15, 0.2) is 5.82 Å². The molecule has 3 aromatic heterocycles. The van der Waals surface area contributed by atoms with E-state index in [4.69, 9.17) is 15.5 Å². The minimum absolute atomic E-state index is 0.0115. The number of aryl methyl sites for hydroxylation is 1. The van der Waals surface area contributed by atoms with E-state index in [0.717, 1.165) is 83.9 Å². The average molecular weight is 592 g/mol. The lowest BCUT2D eigenvalue weighted by Crippen LogP contribution is -2.41. The molecular formula is C33H37N9O2. The molecule has 44 heavy (non-hydrogen) atoms. The first-order valence-corrected chi connectivity index (χ1v) is 15.9. The Bertz CT molecular complexity index is 1950. The second kappa shape index (κ2) is 9.64. The quantitative estimate of drug-likeness (QED) is 0.297. The monoisotopic (exact) mass is 591 g/mol. The van der Waals surface area contributed by atoms with Crippen molar-refractivity contribution in [2.24, 2.45) is 24.6 Å². The zero-order valence-corrected chi connectivity index (χ0v) is 25.1. The van der Waals surface area contributed by atoms with Crippen molar-refractivity contribution < 1.29 is 9.53 Å². The normalized spacial score (nSPS) is 23.2. The molecular weight excluding hydrogens is 554 g/mol. The molecule has 1 amide bonds. The maximum atomic E-state index is 13.8. The molecule has 2 saturated carbocycles. The molecule has 3 N–H and O–H groups in total. The van der Waals surface area contributed by atoms with Gasteiger partial charge in [-0.05, 0) is 61.8 Å². The van der Waals surface area contributed by atoms with Crippen molar-refractivity contribution in [3.63, 3.8) is 0 Å². The van der Waals surface area contributed by atoms with Gasteiger partial charge in [-0.3, -0.25) is 4.79 Å². The Kier molecular flexibility index (Phi) is 5.74. The predicted octanol–water partition coefficient (Wildman–Crippen LogP) is 3.44. The summed E-state index contributed by atoms with van der Waals surface area (Å²) < 4.78 is 12.3. The van der Waals surface area contributed by atoms with E-state index < -0.39 is 0 Å². The summed E-state index contributed by atoms with van der Waals surface area (Å²) in [4.78, 5) is 20.9. The third-order valence-electron chi connectivity index (χ3n) is 10.5. The third-order valence-corrected chi connectivity index (χ3v) is 10.5. The number of benzene rings is 2. The van der Waals surface area contributed by atoms with Gasteiger partial charge in [-0.1, -0.05) is 17.3 Å². The van der Waals surface area contributed by atoms with E-state index in [0.29, 0.717) is 29.1 Å². The topological polar surface area (TPSA) is 121 Å². The van der Waals surface area contributed by atoms with Crippen molar-refractivity contribution in [2.75, 3.05) is 26.7 Å². The number of amides is 1. The largest absolute Gasteiger partial charge is 0.494 e. The maximum Gasteiger partial charge on any atom is 0.254 e. The van der Waals surface area contributed by atoms with E-state index in [1.54, 1.807) is 7.11 Å². The van der Waals surface area contributed by atoms with Crippen LogP contribution in [0.25, 0.3) is 39.1 Å². The second-order valence-corrected chi connectivity index (χ2v) is 13.2. The molecule has 226 valence electrons. The fraction of sp³-hybridized carbons (Fsp3) is 0.455. The fourth-order valence-corrected chi connectivity index (χ4v) is 7.77. The van der Waals surface area contributed by atoms with E-state index in [1.165, 1.54) is 12.8 Å². The number of carbonyl (C=O) groups excluding carboxylic acids is 1. The number of aromatic nitrogens is 6. The molecule has 9 rings (SSSR count). The van der Waals surface area contributed by atoms with Crippen LogP contribution in [0.2, 0.25) is 0 Å². The van der Waals surface area contributed by atoms with Crippen LogP contribution >= 0.6 is 0 Å². The summed E-state index contributed by atoms with van der Waals surface area (Å²) >= 11 is 0. The summed E-state index contributed by atoms with van der Waals surface area (Å²) in [7, 11) is 3.69. The number of hydrogen-bond acceptors (Lipinski definition) is 7. The van der Waals surface area contributed by atoms with Crippen molar-refractivity contribution in [3.05, 3.63) is 53.9 Å². The Labute approximate surface area is 255 Å². The van der Waals surface area contributed by atoms with Crippen molar-refractivity contribution in [1.82, 2.24) is 39.3 Å². The summed E-state index contributed by atoms with van der Waals surface area (Å²) in [5, 5.41) is 13.5. The average Bonchev–Trinajstić information content (AvgIpc) is 3.31. The summed E-state index contributed by atoms with van der Waals surface area (Å²) in [6.07, 6.45) is 6.62. The Morgan fingerprint density at radius 3 is 2.68 bits per heavy atom. The molecule has 4 aliphatic rings. The molecule has 11 nitrogen and oxygen atoms in total. The molecule has 2 aliphatic heterocycles. The molecule has 3 atom stereocenters. The molecule has 2 aliphatic carbocycles. The summed E-state index contributed by atoms with van der Waals surface area (Å²) in [6, 6.07) is 12.6. The molecule has 2 aromatic carbocycles. The number of nitrogens with two attached hydrogens (primary N) is 1. The van der Waals surface area contributed by atoms with Crippen LogP contribution in [0, 0.1) is 11.8 Å². The van der Waals surface area contributed by atoms with Gasteiger partial charge in [0.25, 0.3) is 5.91 Å². The van der Waals surface area contributed by atoms with Crippen molar-refractivity contribution in [2.45, 2.75) is 50.2 Å². The van der Waals surface area contributed by atoms with E-state index in [9.17, 15) is 4.79 Å². The fourth-order valence-electron chi connectivity index (χ4n) is 7.77. The molecule has 2 saturated heterocycles. The van der Waals surface area contributed by atoms with Gasteiger partial charge in [-0.2, -0.15) is 0 Å². The van der Waals surface area contributed by atoms with Gasteiger partial charge in [0.2, 0.25) is 0 Å². The SMILES string of the molecule is COc1cc(C(=O)N2C[C@H]3CC[C@@H]2[C@@H]3N)cc2nc(-c3cc4cccc(-n5cc(C6CNC6)nn5)c4n3CC3CC3)n(C)c12. The van der Waals surface area contributed by atoms with Crippen LogP contribution in [0.4, 0.5) is 0 Å². The molecule has 11 heteroatoms. The van der Waals surface area contributed by atoms with Gasteiger partial charge in [0.05, 0.1) is 41.4 Å². The first-order chi connectivity index (χ1) is 21.5. The highest BCUT2D eigenvalue weighted by atomic mass is 16.5. The van der Waals surface area contributed by atoms with Crippen LogP contribution in [0.1, 0.15) is 47.7 Å². The summed E-state index contributed by atoms with van der Waals surface area (Å²) in [5.41, 5.74) is 12.9. The van der Waals surface area contributed by atoms with Gasteiger partial charge in [0, 0.05) is 62.2 Å². The van der Waals surface area contributed by atoms with Crippen LogP contribution in [-0.2, 0) is 13.6 Å². The van der Waals surface area contributed by atoms with Crippen LogP contribution in [0.5, 0.6) is 5.75 Å². The maximum absolute atomic E-state index is 13.8. The van der Waals surface area contributed by atoms with E-state index >= 15 is 0 Å². The number of likely N-dealkylation sites (tertiary alicyclic amines) is 1. The van der Waals surface area contributed by atoms with Gasteiger partial charge in [-0.25, -0.2) is 9.67 Å². The molecule has 0 radical (unpaired) electrons. The van der Waals surface area contributed by atoms with Crippen LogP contribution in [-0.4, -0.2) is 78.7 Å². The second-order valence-electron chi connectivity index (χ2n) is 13.2. The lowest BCUT2D eigenvalue weighted by Gasteiger charge is -2.27. The number of hydrogen-bond donors (Lipinski definition) is 2. The van der Waals surface area contributed by atoms with Crippen molar-refractivity contribution >= 4 is 27.8 Å². The Morgan fingerprint density at radius 1 is 1.11 bits per heavy atom. The Hall–Kier alpha value is -4.22. The van der Waals surface area contributed by atoms with Crippen LogP contribution in [0.15, 0.2) is 42.6 Å². The Balaban J connectivity index is 1.17. The highest BCUT2D eigenvalue weighted by molar-refractivity contribution is 6.01. The first kappa shape index (κ1) is 26.2. The minimum atomic E-state index is 0.0115. The smallest absolute Gasteiger partial charge is 0.254 e. The number of ether oxygens (including phenoxy) is 1. The Morgan fingerprint density at radius 2 is 1.98 bits per heavy atom. The van der Waals surface area contributed by atoms with Crippen molar-refractivity contribution in [3.8, 4) is 23.0 Å². The van der Waals surface area contributed by atoms with E-state index in [1.807, 2.05) is 28.8 Å². The van der Waals surface area contributed by atoms with E-state index in [-0.39, 0.29) is 18.0 Å². The molecule has 5 aromatic rings. The molecule has 0 spiro atoms. The lowest BCUT2D eigenvalue weighted by atomic mass is 10.0.